The summed E-state index contributed by atoms with van der Waals surface area (Å²) < 4.78 is 12.2. The summed E-state index contributed by atoms with van der Waals surface area (Å²) in [5.41, 5.74) is 1.68. The lowest BCUT2D eigenvalue weighted by atomic mass is 10.1. The van der Waals surface area contributed by atoms with E-state index < -0.39 is 0 Å². The number of fused-ring (bicyclic) bond motifs is 1. The molecule has 0 aliphatic heterocycles. The Kier molecular flexibility index (Phi) is 3.62. The summed E-state index contributed by atoms with van der Waals surface area (Å²) in [5, 5.41) is 12.8. The third-order valence-corrected chi connectivity index (χ3v) is 3.31. The molecule has 0 aliphatic rings. The number of rotatable bonds is 4. The van der Waals surface area contributed by atoms with Crippen LogP contribution in [0.5, 0.6) is 11.5 Å². The third-order valence-electron chi connectivity index (χ3n) is 3.11. The van der Waals surface area contributed by atoms with Crippen molar-refractivity contribution in [2.45, 2.75) is 6.42 Å². The first-order chi connectivity index (χ1) is 10.2. The molecule has 0 bridgehead atoms. The van der Waals surface area contributed by atoms with Gasteiger partial charge in [-0.05, 0) is 29.8 Å². The number of hydrogen-bond donors (Lipinski definition) is 0. The van der Waals surface area contributed by atoms with Crippen LogP contribution in [0.1, 0.15) is 11.4 Å². The van der Waals surface area contributed by atoms with Gasteiger partial charge < -0.3 is 9.47 Å². The Bertz CT molecular complexity index is 788. The predicted molar refractivity (Wildman–Crippen MR) is 78.1 cm³/mol. The fraction of sp³-hybridized carbons (Fsp3) is 0.214. The summed E-state index contributed by atoms with van der Waals surface area (Å²) >= 11 is 5.91. The largest absolute Gasteiger partial charge is 0.493 e. The van der Waals surface area contributed by atoms with Gasteiger partial charge in [-0.15, -0.1) is 10.2 Å². The number of methoxy groups -OCH3 is 2. The van der Waals surface area contributed by atoms with Crippen LogP contribution >= 0.6 is 11.6 Å². The Labute approximate surface area is 126 Å². The van der Waals surface area contributed by atoms with Crippen LogP contribution in [0, 0.1) is 0 Å². The van der Waals surface area contributed by atoms with Gasteiger partial charge in [0.1, 0.15) is 5.15 Å². The molecule has 0 aliphatic carbocycles. The Balaban J connectivity index is 1.96. The van der Waals surface area contributed by atoms with Crippen molar-refractivity contribution in [3.63, 3.8) is 0 Å². The van der Waals surface area contributed by atoms with Gasteiger partial charge in [0.2, 0.25) is 0 Å². The average Bonchev–Trinajstić information content (AvgIpc) is 2.89. The summed E-state index contributed by atoms with van der Waals surface area (Å²) in [6.45, 7) is 0. The first-order valence-electron chi connectivity index (χ1n) is 6.29. The molecule has 0 saturated heterocycles. The summed E-state index contributed by atoms with van der Waals surface area (Å²) in [7, 11) is 3.21. The SMILES string of the molecule is COc1ccc(Cc2nnc3ccc(Cl)nn23)cc1OC. The van der Waals surface area contributed by atoms with E-state index in [4.69, 9.17) is 21.1 Å². The minimum Gasteiger partial charge on any atom is -0.493 e. The molecule has 0 fully saturated rings. The molecule has 1 aromatic carbocycles. The lowest BCUT2D eigenvalue weighted by Crippen LogP contribution is -2.01. The molecule has 0 atom stereocenters. The number of nitrogens with zero attached hydrogens (tertiary/aromatic N) is 4. The molecule has 7 heteroatoms. The van der Waals surface area contributed by atoms with Gasteiger partial charge in [0, 0.05) is 6.42 Å². The zero-order valence-corrected chi connectivity index (χ0v) is 12.3. The molecule has 108 valence electrons. The first-order valence-corrected chi connectivity index (χ1v) is 6.67. The van der Waals surface area contributed by atoms with Gasteiger partial charge in [0.05, 0.1) is 14.2 Å². The minimum atomic E-state index is 0.399. The molecule has 3 aromatic rings. The summed E-state index contributed by atoms with van der Waals surface area (Å²) in [6.07, 6.45) is 0.564. The van der Waals surface area contributed by atoms with E-state index in [9.17, 15) is 0 Å². The number of benzene rings is 1. The van der Waals surface area contributed by atoms with Crippen LogP contribution in [-0.4, -0.2) is 34.0 Å². The van der Waals surface area contributed by atoms with E-state index in [1.165, 1.54) is 0 Å². The van der Waals surface area contributed by atoms with Crippen LogP contribution in [-0.2, 0) is 6.42 Å². The molecule has 0 saturated carbocycles. The van der Waals surface area contributed by atoms with E-state index in [2.05, 4.69) is 15.3 Å². The average molecular weight is 305 g/mol. The van der Waals surface area contributed by atoms with Gasteiger partial charge in [-0.25, -0.2) is 0 Å². The quantitative estimate of drug-likeness (QED) is 0.740. The van der Waals surface area contributed by atoms with E-state index in [0.29, 0.717) is 34.5 Å². The number of halogens is 1. The van der Waals surface area contributed by atoms with E-state index in [0.717, 1.165) is 5.56 Å². The molecule has 2 aromatic heterocycles. The van der Waals surface area contributed by atoms with Gasteiger partial charge in [-0.3, -0.25) is 0 Å². The maximum Gasteiger partial charge on any atom is 0.178 e. The van der Waals surface area contributed by atoms with Crippen molar-refractivity contribution in [3.05, 3.63) is 46.9 Å². The fourth-order valence-electron chi connectivity index (χ4n) is 2.09. The van der Waals surface area contributed by atoms with Crippen molar-refractivity contribution >= 4 is 17.2 Å². The highest BCUT2D eigenvalue weighted by molar-refractivity contribution is 6.29. The zero-order chi connectivity index (χ0) is 14.8. The number of hydrogen-bond acceptors (Lipinski definition) is 5. The van der Waals surface area contributed by atoms with Gasteiger partial charge in [0.25, 0.3) is 0 Å². The van der Waals surface area contributed by atoms with Gasteiger partial charge in [0.15, 0.2) is 23.0 Å². The van der Waals surface area contributed by atoms with Crippen molar-refractivity contribution < 1.29 is 9.47 Å². The number of ether oxygens (including phenoxy) is 2. The molecule has 0 radical (unpaired) electrons. The van der Waals surface area contributed by atoms with Gasteiger partial charge in [-0.2, -0.15) is 9.61 Å². The number of aromatic nitrogens is 4. The second-order valence-corrected chi connectivity index (χ2v) is 4.80. The molecule has 3 rings (SSSR count). The molecular formula is C14H13ClN4O2. The predicted octanol–water partition coefficient (Wildman–Crippen LogP) is 2.39. The lowest BCUT2D eigenvalue weighted by Gasteiger charge is -2.09. The monoisotopic (exact) mass is 304 g/mol. The molecular weight excluding hydrogens is 292 g/mol. The fourth-order valence-corrected chi connectivity index (χ4v) is 2.23. The van der Waals surface area contributed by atoms with E-state index in [1.54, 1.807) is 30.9 Å². The van der Waals surface area contributed by atoms with E-state index in [1.807, 2.05) is 18.2 Å². The van der Waals surface area contributed by atoms with Crippen molar-refractivity contribution in [1.82, 2.24) is 19.8 Å². The highest BCUT2D eigenvalue weighted by Gasteiger charge is 2.10. The second-order valence-electron chi connectivity index (χ2n) is 4.41. The zero-order valence-electron chi connectivity index (χ0n) is 11.6. The summed E-state index contributed by atoms with van der Waals surface area (Å²) in [5.74, 6) is 2.07. The molecule has 21 heavy (non-hydrogen) atoms. The van der Waals surface area contributed by atoms with Crippen LogP contribution in [0.2, 0.25) is 5.15 Å². The van der Waals surface area contributed by atoms with E-state index >= 15 is 0 Å². The lowest BCUT2D eigenvalue weighted by molar-refractivity contribution is 0.354. The molecule has 0 N–H and O–H groups in total. The van der Waals surface area contributed by atoms with Crippen molar-refractivity contribution in [2.75, 3.05) is 14.2 Å². The normalized spacial score (nSPS) is 10.8. The van der Waals surface area contributed by atoms with Gasteiger partial charge >= 0.3 is 0 Å². The Morgan fingerprint density at radius 3 is 2.62 bits per heavy atom. The van der Waals surface area contributed by atoms with Crippen LogP contribution in [0.15, 0.2) is 30.3 Å². The maximum atomic E-state index is 5.91. The Morgan fingerprint density at radius 2 is 1.86 bits per heavy atom. The highest BCUT2D eigenvalue weighted by atomic mass is 35.5. The third kappa shape index (κ3) is 2.62. The summed E-state index contributed by atoms with van der Waals surface area (Å²) in [6, 6.07) is 9.18. The molecule has 2 heterocycles. The van der Waals surface area contributed by atoms with Crippen LogP contribution in [0.4, 0.5) is 0 Å². The molecule has 0 amide bonds. The topological polar surface area (TPSA) is 61.5 Å². The first kappa shape index (κ1) is 13.6. The minimum absolute atomic E-state index is 0.399. The maximum absolute atomic E-state index is 5.91. The van der Waals surface area contributed by atoms with Gasteiger partial charge in [-0.1, -0.05) is 17.7 Å². The highest BCUT2D eigenvalue weighted by Crippen LogP contribution is 2.28. The molecule has 6 nitrogen and oxygen atoms in total. The summed E-state index contributed by atoms with van der Waals surface area (Å²) in [4.78, 5) is 0. The Hall–Kier alpha value is -2.34. The van der Waals surface area contributed by atoms with Crippen molar-refractivity contribution in [1.29, 1.82) is 0 Å². The van der Waals surface area contributed by atoms with Crippen molar-refractivity contribution in [3.8, 4) is 11.5 Å². The van der Waals surface area contributed by atoms with Crippen LogP contribution in [0.25, 0.3) is 5.65 Å². The second kappa shape index (κ2) is 5.57. The standard InChI is InChI=1S/C14H13ClN4O2/c1-20-10-4-3-9(7-11(10)21-2)8-14-17-16-13-6-5-12(15)18-19(13)14/h3-7H,8H2,1-2H3. The molecule has 0 unspecified atom stereocenters. The Morgan fingerprint density at radius 1 is 1.05 bits per heavy atom. The smallest absolute Gasteiger partial charge is 0.178 e. The van der Waals surface area contributed by atoms with Crippen LogP contribution < -0.4 is 9.47 Å². The van der Waals surface area contributed by atoms with Crippen molar-refractivity contribution in [2.24, 2.45) is 0 Å². The van der Waals surface area contributed by atoms with E-state index in [-0.39, 0.29) is 0 Å². The van der Waals surface area contributed by atoms with Crippen LogP contribution in [0.3, 0.4) is 0 Å². The molecule has 0 spiro atoms.